The standard InChI is InChI=1S/C22H19N5O2/c23-10-15-11-24-18-6-5-14(9-17(15)18)22(29)26-8-7-16(12-26)27-20-4-2-1-3-19(20)25-21(27)13-28/h1-6,9,11,16,24,28H,7-8,12-13H2. The number of amides is 1. The van der Waals surface area contributed by atoms with Crippen LogP contribution in [0.25, 0.3) is 21.9 Å². The number of nitrogens with one attached hydrogen (secondary N) is 1. The number of benzene rings is 2. The second-order valence-corrected chi connectivity index (χ2v) is 7.31. The highest BCUT2D eigenvalue weighted by Gasteiger charge is 2.30. The first kappa shape index (κ1) is 17.5. The Morgan fingerprint density at radius 1 is 1.31 bits per heavy atom. The highest BCUT2D eigenvalue weighted by Crippen LogP contribution is 2.29. The highest BCUT2D eigenvalue weighted by atomic mass is 16.3. The zero-order chi connectivity index (χ0) is 20.0. The maximum absolute atomic E-state index is 13.1. The molecule has 3 heterocycles. The lowest BCUT2D eigenvalue weighted by Crippen LogP contribution is -2.29. The lowest BCUT2D eigenvalue weighted by atomic mass is 10.1. The molecule has 2 aromatic heterocycles. The van der Waals surface area contributed by atoms with Crippen LogP contribution in [0.3, 0.4) is 0 Å². The first-order valence-corrected chi connectivity index (χ1v) is 9.57. The van der Waals surface area contributed by atoms with Crippen LogP contribution in [-0.4, -0.2) is 43.5 Å². The fraction of sp³-hybridized carbons (Fsp3) is 0.227. The minimum absolute atomic E-state index is 0.0468. The summed E-state index contributed by atoms with van der Waals surface area (Å²) >= 11 is 0. The van der Waals surface area contributed by atoms with Crippen LogP contribution in [0.1, 0.15) is 34.2 Å². The molecule has 1 unspecified atom stereocenters. The molecule has 29 heavy (non-hydrogen) atoms. The van der Waals surface area contributed by atoms with Crippen molar-refractivity contribution in [3.63, 3.8) is 0 Å². The summed E-state index contributed by atoms with van der Waals surface area (Å²) in [5.41, 5.74) is 3.78. The molecule has 7 heteroatoms. The van der Waals surface area contributed by atoms with Gasteiger partial charge in [-0.1, -0.05) is 12.1 Å². The van der Waals surface area contributed by atoms with Crippen LogP contribution in [0.2, 0.25) is 0 Å². The number of imidazole rings is 1. The predicted octanol–water partition coefficient (Wildman–Crippen LogP) is 2.97. The maximum atomic E-state index is 13.1. The molecule has 1 aliphatic rings. The average molecular weight is 385 g/mol. The lowest BCUT2D eigenvalue weighted by molar-refractivity contribution is 0.0787. The second kappa shape index (κ2) is 6.76. The molecule has 0 bridgehead atoms. The normalized spacial score (nSPS) is 16.6. The molecule has 7 nitrogen and oxygen atoms in total. The quantitative estimate of drug-likeness (QED) is 0.566. The molecule has 5 rings (SSSR count). The number of hydrogen-bond acceptors (Lipinski definition) is 4. The number of aromatic amines is 1. The molecule has 2 N–H and O–H groups in total. The van der Waals surface area contributed by atoms with Gasteiger partial charge in [0.25, 0.3) is 5.91 Å². The van der Waals surface area contributed by atoms with E-state index in [2.05, 4.69) is 20.6 Å². The van der Waals surface area contributed by atoms with Crippen molar-refractivity contribution in [2.75, 3.05) is 13.1 Å². The molecule has 1 amide bonds. The van der Waals surface area contributed by atoms with E-state index >= 15 is 0 Å². The molecule has 144 valence electrons. The summed E-state index contributed by atoms with van der Waals surface area (Å²) in [6.45, 7) is 1.06. The highest BCUT2D eigenvalue weighted by molar-refractivity contribution is 5.99. The van der Waals surface area contributed by atoms with E-state index in [0.717, 1.165) is 28.4 Å². The van der Waals surface area contributed by atoms with Crippen molar-refractivity contribution in [3.05, 3.63) is 65.6 Å². The third-order valence-electron chi connectivity index (χ3n) is 5.68. The molecule has 1 fully saturated rings. The van der Waals surface area contributed by atoms with E-state index in [1.54, 1.807) is 18.3 Å². The number of aromatic nitrogens is 3. The Hall–Kier alpha value is -3.63. The minimum Gasteiger partial charge on any atom is -0.388 e. The van der Waals surface area contributed by atoms with E-state index in [0.29, 0.717) is 30.0 Å². The maximum Gasteiger partial charge on any atom is 0.253 e. The van der Waals surface area contributed by atoms with E-state index in [1.165, 1.54) is 0 Å². The number of carbonyl (C=O) groups is 1. The van der Waals surface area contributed by atoms with E-state index in [1.807, 2.05) is 35.2 Å². The summed E-state index contributed by atoms with van der Waals surface area (Å²) in [7, 11) is 0. The van der Waals surface area contributed by atoms with Crippen molar-refractivity contribution >= 4 is 27.8 Å². The summed E-state index contributed by atoms with van der Waals surface area (Å²) in [6.07, 6.45) is 2.46. The lowest BCUT2D eigenvalue weighted by Gasteiger charge is -2.19. The molecule has 0 radical (unpaired) electrons. The number of nitrogens with zero attached hydrogens (tertiary/aromatic N) is 4. The SMILES string of the molecule is N#Cc1c[nH]c2ccc(C(=O)N3CCC(n4c(CO)nc5ccccc54)C3)cc12. The summed E-state index contributed by atoms with van der Waals surface area (Å²) in [5.74, 6) is 0.576. The van der Waals surface area contributed by atoms with Gasteiger partial charge in [-0.05, 0) is 36.8 Å². The molecule has 1 aliphatic heterocycles. The topological polar surface area (TPSA) is 97.9 Å². The fourth-order valence-electron chi connectivity index (χ4n) is 4.28. The third kappa shape index (κ3) is 2.77. The van der Waals surface area contributed by atoms with E-state index in [9.17, 15) is 15.2 Å². The van der Waals surface area contributed by atoms with Gasteiger partial charge in [-0.2, -0.15) is 5.26 Å². The van der Waals surface area contributed by atoms with Crippen molar-refractivity contribution in [2.45, 2.75) is 19.1 Å². The van der Waals surface area contributed by atoms with Gasteiger partial charge in [0.2, 0.25) is 0 Å². The van der Waals surface area contributed by atoms with Gasteiger partial charge in [-0.25, -0.2) is 4.98 Å². The molecular weight excluding hydrogens is 366 g/mol. The number of hydrogen-bond donors (Lipinski definition) is 2. The van der Waals surface area contributed by atoms with E-state index < -0.39 is 0 Å². The van der Waals surface area contributed by atoms with Crippen LogP contribution in [0.15, 0.2) is 48.7 Å². The van der Waals surface area contributed by atoms with Crippen molar-refractivity contribution in [1.82, 2.24) is 19.4 Å². The van der Waals surface area contributed by atoms with Gasteiger partial charge in [-0.15, -0.1) is 0 Å². The Morgan fingerprint density at radius 3 is 3.00 bits per heavy atom. The van der Waals surface area contributed by atoms with Crippen molar-refractivity contribution in [3.8, 4) is 6.07 Å². The van der Waals surface area contributed by atoms with Gasteiger partial charge in [0.15, 0.2) is 0 Å². The average Bonchev–Trinajstić information content (AvgIpc) is 3.48. The molecular formula is C22H19N5O2. The Bertz CT molecular complexity index is 1280. The first-order valence-electron chi connectivity index (χ1n) is 9.57. The van der Waals surface area contributed by atoms with Gasteiger partial charge in [0.1, 0.15) is 18.5 Å². The van der Waals surface area contributed by atoms with Crippen LogP contribution in [0.5, 0.6) is 0 Å². The monoisotopic (exact) mass is 385 g/mol. The van der Waals surface area contributed by atoms with Crippen LogP contribution in [0.4, 0.5) is 0 Å². The Kier molecular flexibility index (Phi) is 4.07. The number of nitriles is 1. The van der Waals surface area contributed by atoms with E-state index in [-0.39, 0.29) is 18.6 Å². The van der Waals surface area contributed by atoms with Gasteiger partial charge >= 0.3 is 0 Å². The Labute approximate surface area is 166 Å². The first-order chi connectivity index (χ1) is 14.2. The summed E-state index contributed by atoms with van der Waals surface area (Å²) in [4.78, 5) is 22.5. The minimum atomic E-state index is -0.139. The Balaban J connectivity index is 1.44. The van der Waals surface area contributed by atoms with Gasteiger partial charge in [0, 0.05) is 35.8 Å². The third-order valence-corrected chi connectivity index (χ3v) is 5.68. The molecule has 2 aromatic carbocycles. The van der Waals surface area contributed by atoms with Crippen LogP contribution in [0, 0.1) is 11.3 Å². The number of aliphatic hydroxyl groups excluding tert-OH is 1. The number of rotatable bonds is 3. The number of aliphatic hydroxyl groups is 1. The van der Waals surface area contributed by atoms with Crippen molar-refractivity contribution in [1.29, 1.82) is 5.26 Å². The number of para-hydroxylation sites is 2. The number of H-pyrrole nitrogens is 1. The van der Waals surface area contributed by atoms with Gasteiger partial charge in [-0.3, -0.25) is 4.79 Å². The smallest absolute Gasteiger partial charge is 0.253 e. The molecule has 1 atom stereocenters. The fourth-order valence-corrected chi connectivity index (χ4v) is 4.28. The van der Waals surface area contributed by atoms with Crippen molar-refractivity contribution < 1.29 is 9.90 Å². The molecule has 0 aliphatic carbocycles. The van der Waals surface area contributed by atoms with Crippen LogP contribution in [-0.2, 0) is 6.61 Å². The second-order valence-electron chi connectivity index (χ2n) is 7.31. The van der Waals surface area contributed by atoms with Gasteiger partial charge < -0.3 is 19.6 Å². The summed E-state index contributed by atoms with van der Waals surface area (Å²) in [5, 5.41) is 19.8. The summed E-state index contributed by atoms with van der Waals surface area (Å²) in [6, 6.07) is 15.4. The zero-order valence-corrected chi connectivity index (χ0v) is 15.7. The van der Waals surface area contributed by atoms with Crippen LogP contribution >= 0.6 is 0 Å². The number of likely N-dealkylation sites (tertiary alicyclic amines) is 1. The van der Waals surface area contributed by atoms with Crippen LogP contribution < -0.4 is 0 Å². The largest absolute Gasteiger partial charge is 0.388 e. The molecule has 1 saturated heterocycles. The Morgan fingerprint density at radius 2 is 2.17 bits per heavy atom. The number of carbonyl (C=O) groups excluding carboxylic acids is 1. The molecule has 0 spiro atoms. The van der Waals surface area contributed by atoms with E-state index in [4.69, 9.17) is 0 Å². The zero-order valence-electron chi connectivity index (χ0n) is 15.7. The van der Waals surface area contributed by atoms with Crippen molar-refractivity contribution in [2.24, 2.45) is 0 Å². The van der Waals surface area contributed by atoms with Gasteiger partial charge in [0.05, 0.1) is 22.6 Å². The number of fused-ring (bicyclic) bond motifs is 2. The molecule has 0 saturated carbocycles. The predicted molar refractivity (Wildman–Crippen MR) is 108 cm³/mol. The summed E-state index contributed by atoms with van der Waals surface area (Å²) < 4.78 is 2.06. The molecule has 4 aromatic rings.